The Labute approximate surface area is 170 Å². The van der Waals surface area contributed by atoms with Crippen LogP contribution < -0.4 is 10.5 Å². The highest BCUT2D eigenvalue weighted by Gasteiger charge is 2.44. The van der Waals surface area contributed by atoms with E-state index >= 15 is 0 Å². The van der Waals surface area contributed by atoms with Crippen LogP contribution in [0.4, 0.5) is 24.5 Å². The molecule has 2 aromatic carbocycles. The van der Waals surface area contributed by atoms with Crippen molar-refractivity contribution in [3.05, 3.63) is 64.1 Å². The molecule has 2 amide bonds. The lowest BCUT2D eigenvalue weighted by atomic mass is 9.87. The molecule has 1 heterocycles. The van der Waals surface area contributed by atoms with Gasteiger partial charge in [-0.2, -0.15) is 13.2 Å². The van der Waals surface area contributed by atoms with Crippen LogP contribution in [-0.4, -0.2) is 35.8 Å². The maximum Gasteiger partial charge on any atom is 0.416 e. The van der Waals surface area contributed by atoms with Crippen molar-refractivity contribution in [2.75, 3.05) is 18.9 Å². The predicted molar refractivity (Wildman–Crippen MR) is 101 cm³/mol. The molecular weight excluding hydrogens is 403 g/mol. The van der Waals surface area contributed by atoms with E-state index in [1.165, 1.54) is 17.0 Å². The topological polar surface area (TPSA) is 110 Å². The highest BCUT2D eigenvalue weighted by Crippen LogP contribution is 2.36. The number of nitrogens with one attached hydrogen (secondary N) is 2. The van der Waals surface area contributed by atoms with Gasteiger partial charge in [0.05, 0.1) is 11.3 Å². The molecule has 1 saturated heterocycles. The van der Waals surface area contributed by atoms with Gasteiger partial charge in [0.15, 0.2) is 0 Å². The van der Waals surface area contributed by atoms with Gasteiger partial charge in [0.25, 0.3) is 5.69 Å². The fraction of sp³-hybridized carbons (Fsp3) is 0.300. The number of halogens is 3. The van der Waals surface area contributed by atoms with E-state index in [1.54, 1.807) is 37.3 Å². The largest absolute Gasteiger partial charge is 0.870 e. The third-order valence-corrected chi connectivity index (χ3v) is 5.17. The Morgan fingerprint density at radius 1 is 1.17 bits per heavy atom. The minimum Gasteiger partial charge on any atom is -0.870 e. The van der Waals surface area contributed by atoms with Crippen molar-refractivity contribution in [2.45, 2.75) is 19.0 Å². The monoisotopic (exact) mass is 423 g/mol. The summed E-state index contributed by atoms with van der Waals surface area (Å²) >= 11 is 0. The number of alkyl halides is 3. The van der Waals surface area contributed by atoms with Crippen LogP contribution in [0, 0.1) is 17.7 Å². The number of hydrogen-bond donors (Lipinski definition) is 2. The minimum absolute atomic E-state index is 0. The van der Waals surface area contributed by atoms with E-state index in [0.29, 0.717) is 16.8 Å². The third kappa shape index (κ3) is 4.33. The fourth-order valence-electron chi connectivity index (χ4n) is 3.50. The fourth-order valence-corrected chi connectivity index (χ4v) is 3.50. The molecule has 0 spiro atoms. The zero-order valence-corrected chi connectivity index (χ0v) is 16.2. The smallest absolute Gasteiger partial charge is 0.416 e. The summed E-state index contributed by atoms with van der Waals surface area (Å²) in [5, 5.41) is 4.45. The van der Waals surface area contributed by atoms with Gasteiger partial charge in [-0.1, -0.05) is 18.2 Å². The molecule has 7 nitrogen and oxygen atoms in total. The Hall–Kier alpha value is -3.27. The van der Waals surface area contributed by atoms with Gasteiger partial charge < -0.3 is 15.7 Å². The molecule has 2 aromatic rings. The molecule has 3 N–H and O–H groups in total. The van der Waals surface area contributed by atoms with Gasteiger partial charge in [0.2, 0.25) is 11.8 Å². The molecule has 2 atom stereocenters. The second kappa shape index (κ2) is 8.62. The van der Waals surface area contributed by atoms with Gasteiger partial charge in [-0.3, -0.25) is 9.59 Å². The van der Waals surface area contributed by atoms with Crippen molar-refractivity contribution in [1.82, 2.24) is 4.90 Å². The number of hydrogen-bond acceptors (Lipinski definition) is 4. The zero-order chi connectivity index (χ0) is 21.3. The first-order valence-electron chi connectivity index (χ1n) is 8.84. The first kappa shape index (κ1) is 23.0. The van der Waals surface area contributed by atoms with Crippen molar-refractivity contribution < 1.29 is 33.4 Å². The van der Waals surface area contributed by atoms with E-state index in [-0.39, 0.29) is 17.7 Å². The summed E-state index contributed by atoms with van der Waals surface area (Å²) in [6.45, 7) is 1.86. The van der Waals surface area contributed by atoms with Gasteiger partial charge >= 0.3 is 6.18 Å². The summed E-state index contributed by atoms with van der Waals surface area (Å²) in [5.74, 6) is -2.66. The van der Waals surface area contributed by atoms with Gasteiger partial charge in [-0.05, 0) is 30.7 Å². The molecule has 0 radical (unpaired) electrons. The second-order valence-corrected chi connectivity index (χ2v) is 6.99. The van der Waals surface area contributed by atoms with E-state index in [4.69, 9.17) is 0 Å². The Morgan fingerprint density at radius 3 is 2.37 bits per heavy atom. The van der Waals surface area contributed by atoms with Crippen LogP contribution in [-0.2, 0) is 15.8 Å². The number of likely N-dealkylation sites (N-methyl/N-ethyl adjacent to an activating group) is 1. The standard InChI is InChI=1S/C20H18F3N3O3.H2O/c1-11-15(4-3-5-16(11)25-29)24-18(27)17-14(10-26(2)19(17)28)12-6-8-13(9-7-12)20(21,22)23;/h3-9,14,17H,10H2,1-2H3,(H,24,27);1H2/t14-,17+;/m1./s1. The number of nitrogens with zero attached hydrogens (tertiary/aromatic N) is 1. The summed E-state index contributed by atoms with van der Waals surface area (Å²) in [4.78, 5) is 37.8. The van der Waals surface area contributed by atoms with Crippen molar-refractivity contribution in [1.29, 1.82) is 0 Å². The first-order valence-corrected chi connectivity index (χ1v) is 8.84. The van der Waals surface area contributed by atoms with Crippen LogP contribution in [0.1, 0.15) is 22.6 Å². The normalized spacial score (nSPS) is 18.7. The number of amides is 2. The number of carbonyl (C=O) groups excluding carboxylic acids is 2. The molecule has 0 saturated carbocycles. The molecule has 160 valence electrons. The second-order valence-electron chi connectivity index (χ2n) is 6.99. The SMILES string of the molecule is Cc1c(NC(=O)[C@H]2C(=O)N(C)C[C@@H]2c2ccc(C(F)(F)F)cc2)cccc1[NH+]=O.[OH-]. The summed E-state index contributed by atoms with van der Waals surface area (Å²) in [6.07, 6.45) is -4.46. The molecule has 0 unspecified atom stereocenters. The van der Waals surface area contributed by atoms with E-state index in [2.05, 4.69) is 5.32 Å². The van der Waals surface area contributed by atoms with Crippen LogP contribution in [0.3, 0.4) is 0 Å². The molecule has 30 heavy (non-hydrogen) atoms. The van der Waals surface area contributed by atoms with Crippen molar-refractivity contribution in [3.63, 3.8) is 0 Å². The highest BCUT2D eigenvalue weighted by molar-refractivity contribution is 6.08. The molecule has 3 rings (SSSR count). The molecule has 1 aliphatic rings. The van der Waals surface area contributed by atoms with Gasteiger partial charge in [0, 0.05) is 41.2 Å². The van der Waals surface area contributed by atoms with Gasteiger partial charge in [0.1, 0.15) is 5.92 Å². The quantitative estimate of drug-likeness (QED) is 0.734. The Bertz CT molecular complexity index is 961. The van der Waals surface area contributed by atoms with E-state index < -0.39 is 35.4 Å². The lowest BCUT2D eigenvalue weighted by Crippen LogP contribution is -2.56. The predicted octanol–water partition coefficient (Wildman–Crippen LogP) is 2.13. The molecule has 0 bridgehead atoms. The number of rotatable bonds is 4. The first-order chi connectivity index (χ1) is 13.6. The van der Waals surface area contributed by atoms with Gasteiger partial charge in [-0.25, -0.2) is 0 Å². The molecule has 10 heteroatoms. The lowest BCUT2D eigenvalue weighted by Gasteiger charge is -2.18. The summed E-state index contributed by atoms with van der Waals surface area (Å²) in [6, 6.07) is 9.22. The maximum absolute atomic E-state index is 12.9. The minimum atomic E-state index is -4.46. The Balaban J connectivity index is 0.00000320. The van der Waals surface area contributed by atoms with Crippen LogP contribution in [0.2, 0.25) is 0 Å². The number of carbonyl (C=O) groups is 2. The van der Waals surface area contributed by atoms with Crippen LogP contribution in [0.5, 0.6) is 0 Å². The number of nitroso groups, excluding NO2 is 1. The van der Waals surface area contributed by atoms with Crippen LogP contribution >= 0.6 is 0 Å². The molecule has 1 aliphatic heterocycles. The third-order valence-electron chi connectivity index (χ3n) is 5.17. The lowest BCUT2D eigenvalue weighted by molar-refractivity contribution is -0.380. The number of likely N-dealkylation sites (tertiary alicyclic amines) is 1. The molecular formula is C20H20F3N3O4. The maximum atomic E-state index is 12.9. The number of benzene rings is 2. The van der Waals surface area contributed by atoms with Crippen LogP contribution in [0.25, 0.3) is 0 Å². The summed E-state index contributed by atoms with van der Waals surface area (Å²) < 4.78 is 38.4. The van der Waals surface area contributed by atoms with E-state index in [9.17, 15) is 27.7 Å². The van der Waals surface area contributed by atoms with Crippen molar-refractivity contribution >= 4 is 23.2 Å². The van der Waals surface area contributed by atoms with E-state index in [1.807, 2.05) is 0 Å². The van der Waals surface area contributed by atoms with Gasteiger partial charge in [-0.15, -0.1) is 0 Å². The molecule has 1 fully saturated rings. The molecule has 0 aliphatic carbocycles. The van der Waals surface area contributed by atoms with Crippen molar-refractivity contribution in [3.8, 4) is 0 Å². The molecule has 0 aromatic heterocycles. The van der Waals surface area contributed by atoms with Crippen molar-refractivity contribution in [2.24, 2.45) is 5.92 Å². The summed E-state index contributed by atoms with van der Waals surface area (Å²) in [7, 11) is 1.54. The zero-order valence-electron chi connectivity index (χ0n) is 16.2. The summed E-state index contributed by atoms with van der Waals surface area (Å²) in [5.41, 5.74) is 0.863. The Kier molecular flexibility index (Phi) is 6.61. The average Bonchev–Trinajstić information content (AvgIpc) is 2.97. The average molecular weight is 423 g/mol. The van der Waals surface area contributed by atoms with Crippen LogP contribution in [0.15, 0.2) is 42.5 Å². The highest BCUT2D eigenvalue weighted by atomic mass is 19.4. The Morgan fingerprint density at radius 2 is 1.80 bits per heavy atom. The number of anilines is 1. The van der Waals surface area contributed by atoms with E-state index in [0.717, 1.165) is 12.1 Å².